The minimum Gasteiger partial charge on any atom is -0.493 e. The Labute approximate surface area is 98.4 Å². The fourth-order valence-electron chi connectivity index (χ4n) is 1.47. The van der Waals surface area contributed by atoms with Crippen LogP contribution >= 0.6 is 0 Å². The number of anilines is 1. The lowest BCUT2D eigenvalue weighted by molar-refractivity contribution is 0.355. The summed E-state index contributed by atoms with van der Waals surface area (Å²) in [5.41, 5.74) is 7.03. The third kappa shape index (κ3) is 2.10. The van der Waals surface area contributed by atoms with Crippen molar-refractivity contribution in [2.24, 2.45) is 0 Å². The van der Waals surface area contributed by atoms with Gasteiger partial charge in [-0.25, -0.2) is 4.98 Å². The van der Waals surface area contributed by atoms with E-state index < -0.39 is 0 Å². The first kappa shape index (κ1) is 11.1. The van der Waals surface area contributed by atoms with Gasteiger partial charge in [-0.05, 0) is 18.2 Å². The van der Waals surface area contributed by atoms with Crippen LogP contribution in [0, 0.1) is 0 Å². The van der Waals surface area contributed by atoms with Crippen LogP contribution in [0.4, 0.5) is 5.82 Å². The molecule has 6 nitrogen and oxygen atoms in total. The highest BCUT2D eigenvalue weighted by Crippen LogP contribution is 2.32. The van der Waals surface area contributed by atoms with E-state index in [-0.39, 0.29) is 0 Å². The summed E-state index contributed by atoms with van der Waals surface area (Å²) in [5.74, 6) is 1.58. The molecular formula is C11H12N4O2. The molecule has 0 saturated heterocycles. The summed E-state index contributed by atoms with van der Waals surface area (Å²) in [4.78, 5) is 3.89. The number of nitrogens with zero attached hydrogens (tertiary/aromatic N) is 3. The van der Waals surface area contributed by atoms with Gasteiger partial charge >= 0.3 is 0 Å². The fraction of sp³-hybridized carbons (Fsp3) is 0.182. The molecule has 2 N–H and O–H groups in total. The second-order valence-electron chi connectivity index (χ2n) is 3.26. The van der Waals surface area contributed by atoms with Crippen LogP contribution in [0.5, 0.6) is 11.5 Å². The second-order valence-corrected chi connectivity index (χ2v) is 3.26. The van der Waals surface area contributed by atoms with Crippen molar-refractivity contribution in [3.63, 3.8) is 0 Å². The lowest BCUT2D eigenvalue weighted by Crippen LogP contribution is -1.99. The number of methoxy groups -OCH3 is 2. The molecule has 1 heterocycles. The topological polar surface area (TPSA) is 83.2 Å². The molecular weight excluding hydrogens is 220 g/mol. The molecule has 0 aliphatic rings. The van der Waals surface area contributed by atoms with Gasteiger partial charge in [-0.15, -0.1) is 10.2 Å². The van der Waals surface area contributed by atoms with Crippen molar-refractivity contribution in [3.8, 4) is 22.8 Å². The SMILES string of the molecule is COc1ccc(-c2nncnc2N)cc1OC. The molecule has 0 spiro atoms. The summed E-state index contributed by atoms with van der Waals surface area (Å²) in [7, 11) is 3.15. The van der Waals surface area contributed by atoms with Gasteiger partial charge in [0.05, 0.1) is 14.2 Å². The normalized spacial score (nSPS) is 10.0. The van der Waals surface area contributed by atoms with E-state index in [0.717, 1.165) is 5.56 Å². The Morgan fingerprint density at radius 1 is 1.12 bits per heavy atom. The van der Waals surface area contributed by atoms with Gasteiger partial charge in [-0.3, -0.25) is 0 Å². The van der Waals surface area contributed by atoms with Crippen LogP contribution in [0.25, 0.3) is 11.3 Å². The quantitative estimate of drug-likeness (QED) is 0.854. The predicted molar refractivity (Wildman–Crippen MR) is 62.8 cm³/mol. The molecule has 1 aromatic carbocycles. The van der Waals surface area contributed by atoms with E-state index in [2.05, 4.69) is 15.2 Å². The van der Waals surface area contributed by atoms with E-state index >= 15 is 0 Å². The average molecular weight is 232 g/mol. The molecule has 0 saturated carbocycles. The lowest BCUT2D eigenvalue weighted by Gasteiger charge is -2.09. The van der Waals surface area contributed by atoms with Crippen molar-refractivity contribution in [2.75, 3.05) is 20.0 Å². The molecule has 17 heavy (non-hydrogen) atoms. The maximum absolute atomic E-state index is 5.73. The Balaban J connectivity index is 2.50. The van der Waals surface area contributed by atoms with Crippen LogP contribution in [0.3, 0.4) is 0 Å². The number of hydrogen-bond donors (Lipinski definition) is 1. The Bertz CT molecular complexity index is 531. The fourth-order valence-corrected chi connectivity index (χ4v) is 1.47. The molecule has 88 valence electrons. The minimum absolute atomic E-state index is 0.326. The Hall–Kier alpha value is -2.37. The summed E-state index contributed by atoms with van der Waals surface area (Å²) in [5, 5.41) is 7.65. The summed E-state index contributed by atoms with van der Waals surface area (Å²) in [6.07, 6.45) is 1.31. The standard InChI is InChI=1S/C11H12N4O2/c1-16-8-4-3-7(5-9(8)17-2)10-11(12)13-6-14-15-10/h3-6H,1-2H3,(H2,12,13,14). The first-order valence-corrected chi connectivity index (χ1v) is 4.92. The van der Waals surface area contributed by atoms with E-state index in [1.807, 2.05) is 6.07 Å². The molecule has 0 aliphatic carbocycles. The van der Waals surface area contributed by atoms with Gasteiger partial charge in [-0.1, -0.05) is 0 Å². The zero-order chi connectivity index (χ0) is 12.3. The van der Waals surface area contributed by atoms with Crippen LogP contribution < -0.4 is 15.2 Å². The summed E-state index contributed by atoms with van der Waals surface area (Å²) < 4.78 is 10.4. The molecule has 0 bridgehead atoms. The number of aromatic nitrogens is 3. The monoisotopic (exact) mass is 232 g/mol. The average Bonchev–Trinajstić information content (AvgIpc) is 2.38. The molecule has 0 radical (unpaired) electrons. The highest BCUT2D eigenvalue weighted by atomic mass is 16.5. The summed E-state index contributed by atoms with van der Waals surface area (Å²) in [6, 6.07) is 5.38. The number of nitrogen functional groups attached to an aromatic ring is 1. The highest BCUT2D eigenvalue weighted by molar-refractivity contribution is 5.71. The van der Waals surface area contributed by atoms with Gasteiger partial charge in [0.15, 0.2) is 17.3 Å². The molecule has 0 aliphatic heterocycles. The molecule has 6 heteroatoms. The molecule has 0 atom stereocenters. The number of ether oxygens (including phenoxy) is 2. The van der Waals surface area contributed by atoms with Crippen molar-refractivity contribution in [2.45, 2.75) is 0 Å². The molecule has 2 aromatic rings. The molecule has 1 aromatic heterocycles. The highest BCUT2D eigenvalue weighted by Gasteiger charge is 2.10. The Kier molecular flexibility index (Phi) is 3.04. The van der Waals surface area contributed by atoms with E-state index in [0.29, 0.717) is 23.0 Å². The van der Waals surface area contributed by atoms with E-state index in [1.54, 1.807) is 26.4 Å². The smallest absolute Gasteiger partial charge is 0.161 e. The third-order valence-electron chi connectivity index (χ3n) is 2.31. The van der Waals surface area contributed by atoms with Gasteiger partial charge in [-0.2, -0.15) is 0 Å². The summed E-state index contributed by atoms with van der Waals surface area (Å²) >= 11 is 0. The molecule has 0 amide bonds. The van der Waals surface area contributed by atoms with Crippen LogP contribution in [-0.2, 0) is 0 Å². The van der Waals surface area contributed by atoms with Gasteiger partial charge in [0.25, 0.3) is 0 Å². The largest absolute Gasteiger partial charge is 0.493 e. The molecule has 2 rings (SSSR count). The molecule has 0 fully saturated rings. The maximum Gasteiger partial charge on any atom is 0.161 e. The predicted octanol–water partition coefficient (Wildman–Crippen LogP) is 1.14. The minimum atomic E-state index is 0.326. The van der Waals surface area contributed by atoms with E-state index in [9.17, 15) is 0 Å². The van der Waals surface area contributed by atoms with Crippen molar-refractivity contribution in [1.29, 1.82) is 0 Å². The Morgan fingerprint density at radius 3 is 2.53 bits per heavy atom. The lowest BCUT2D eigenvalue weighted by atomic mass is 10.1. The second kappa shape index (κ2) is 4.65. The Morgan fingerprint density at radius 2 is 1.88 bits per heavy atom. The number of benzene rings is 1. The van der Waals surface area contributed by atoms with Crippen molar-refractivity contribution in [3.05, 3.63) is 24.5 Å². The maximum atomic E-state index is 5.73. The number of hydrogen-bond acceptors (Lipinski definition) is 6. The molecule has 0 unspecified atom stereocenters. The van der Waals surface area contributed by atoms with Gasteiger partial charge in [0.2, 0.25) is 0 Å². The van der Waals surface area contributed by atoms with Crippen molar-refractivity contribution in [1.82, 2.24) is 15.2 Å². The van der Waals surface area contributed by atoms with Crippen molar-refractivity contribution < 1.29 is 9.47 Å². The zero-order valence-electron chi connectivity index (χ0n) is 9.54. The summed E-state index contributed by atoms with van der Waals surface area (Å²) in [6.45, 7) is 0. The van der Waals surface area contributed by atoms with Crippen LogP contribution in [0.2, 0.25) is 0 Å². The third-order valence-corrected chi connectivity index (χ3v) is 2.31. The van der Waals surface area contributed by atoms with Crippen molar-refractivity contribution >= 4 is 5.82 Å². The van der Waals surface area contributed by atoms with Crippen LogP contribution in [0.15, 0.2) is 24.5 Å². The first-order valence-electron chi connectivity index (χ1n) is 4.92. The van der Waals surface area contributed by atoms with Crippen LogP contribution in [-0.4, -0.2) is 29.4 Å². The first-order chi connectivity index (χ1) is 8.26. The van der Waals surface area contributed by atoms with E-state index in [4.69, 9.17) is 15.2 Å². The van der Waals surface area contributed by atoms with Gasteiger partial charge < -0.3 is 15.2 Å². The van der Waals surface area contributed by atoms with Gasteiger partial charge in [0, 0.05) is 5.56 Å². The van der Waals surface area contributed by atoms with Gasteiger partial charge in [0.1, 0.15) is 12.0 Å². The van der Waals surface area contributed by atoms with Crippen LogP contribution in [0.1, 0.15) is 0 Å². The zero-order valence-corrected chi connectivity index (χ0v) is 9.54. The van der Waals surface area contributed by atoms with E-state index in [1.165, 1.54) is 6.33 Å². The number of rotatable bonds is 3. The number of nitrogens with two attached hydrogens (primary N) is 1.